The summed E-state index contributed by atoms with van der Waals surface area (Å²) in [6.45, 7) is 4.32. The Morgan fingerprint density at radius 1 is 1.14 bits per heavy atom. The van der Waals surface area contributed by atoms with Crippen LogP contribution in [0.15, 0.2) is 42.5 Å². The molecule has 22 heavy (non-hydrogen) atoms. The third-order valence-electron chi connectivity index (χ3n) is 3.36. The van der Waals surface area contributed by atoms with Crippen LogP contribution in [0, 0.1) is 19.7 Å². The van der Waals surface area contributed by atoms with E-state index in [1.165, 1.54) is 17.2 Å². The molecule has 0 saturated carbocycles. The molecule has 116 valence electrons. The molecule has 2 aromatic carbocycles. The molecule has 1 amide bonds. The van der Waals surface area contributed by atoms with Crippen LogP contribution in [0.4, 0.5) is 4.39 Å². The molecule has 4 heteroatoms. The fraction of sp³-hybridized carbons (Fsp3) is 0.278. The fourth-order valence-electron chi connectivity index (χ4n) is 1.95. The average Bonchev–Trinajstić information content (AvgIpc) is 2.51. The second kappa shape index (κ2) is 7.99. The minimum atomic E-state index is -0.346. The van der Waals surface area contributed by atoms with E-state index in [1.54, 1.807) is 30.8 Å². The van der Waals surface area contributed by atoms with Gasteiger partial charge in [-0.1, -0.05) is 35.9 Å². The van der Waals surface area contributed by atoms with Gasteiger partial charge < -0.3 is 5.32 Å². The average molecular weight is 317 g/mol. The molecular weight excluding hydrogens is 297 g/mol. The van der Waals surface area contributed by atoms with Crippen LogP contribution in [0.5, 0.6) is 0 Å². The Kier molecular flexibility index (Phi) is 6.01. The van der Waals surface area contributed by atoms with Gasteiger partial charge in [0.2, 0.25) is 0 Å². The van der Waals surface area contributed by atoms with Crippen molar-refractivity contribution >= 4 is 17.7 Å². The molecule has 0 saturated heterocycles. The number of hydrogen-bond donors (Lipinski definition) is 1. The van der Waals surface area contributed by atoms with Crippen molar-refractivity contribution < 1.29 is 9.18 Å². The molecule has 0 aliphatic rings. The molecule has 0 unspecified atom stereocenters. The van der Waals surface area contributed by atoms with Gasteiger partial charge in [-0.25, -0.2) is 4.39 Å². The lowest BCUT2D eigenvalue weighted by Crippen LogP contribution is -2.25. The number of carbonyl (C=O) groups excluding carboxylic acids is 1. The van der Waals surface area contributed by atoms with Crippen molar-refractivity contribution in [2.45, 2.75) is 19.6 Å². The summed E-state index contributed by atoms with van der Waals surface area (Å²) in [6, 6.07) is 13.0. The summed E-state index contributed by atoms with van der Waals surface area (Å²) in [4.78, 5) is 11.9. The summed E-state index contributed by atoms with van der Waals surface area (Å²) in [5, 5.41) is 2.81. The van der Waals surface area contributed by atoms with Crippen molar-refractivity contribution in [2.75, 3.05) is 12.3 Å². The predicted molar refractivity (Wildman–Crippen MR) is 90.8 cm³/mol. The van der Waals surface area contributed by atoms with E-state index in [2.05, 4.69) is 36.5 Å². The van der Waals surface area contributed by atoms with Crippen LogP contribution < -0.4 is 5.32 Å². The van der Waals surface area contributed by atoms with Gasteiger partial charge in [-0.05, 0) is 37.1 Å². The number of nitrogens with one attached hydrogen (secondary N) is 1. The van der Waals surface area contributed by atoms with E-state index >= 15 is 0 Å². The topological polar surface area (TPSA) is 29.1 Å². The summed E-state index contributed by atoms with van der Waals surface area (Å²) < 4.78 is 13.4. The summed E-state index contributed by atoms with van der Waals surface area (Å²) in [6.07, 6.45) is 0. The highest BCUT2D eigenvalue weighted by Gasteiger charge is 2.07. The zero-order chi connectivity index (χ0) is 15.9. The van der Waals surface area contributed by atoms with Gasteiger partial charge >= 0.3 is 0 Å². The number of thioether (sulfide) groups is 1. The first kappa shape index (κ1) is 16.6. The van der Waals surface area contributed by atoms with E-state index in [4.69, 9.17) is 0 Å². The van der Waals surface area contributed by atoms with Crippen LogP contribution in [-0.4, -0.2) is 18.2 Å². The summed E-state index contributed by atoms with van der Waals surface area (Å²) in [7, 11) is 0. The maximum Gasteiger partial charge on any atom is 0.251 e. The highest BCUT2D eigenvalue weighted by Crippen LogP contribution is 2.12. The first-order valence-electron chi connectivity index (χ1n) is 7.24. The van der Waals surface area contributed by atoms with E-state index in [0.29, 0.717) is 17.7 Å². The van der Waals surface area contributed by atoms with Gasteiger partial charge in [0.05, 0.1) is 0 Å². The number of carbonyl (C=O) groups is 1. The molecular formula is C18H20FNOS. The van der Waals surface area contributed by atoms with Gasteiger partial charge in [0, 0.05) is 23.6 Å². The lowest BCUT2D eigenvalue weighted by Gasteiger charge is -2.06. The highest BCUT2D eigenvalue weighted by molar-refractivity contribution is 7.98. The van der Waals surface area contributed by atoms with Crippen LogP contribution in [0.1, 0.15) is 27.0 Å². The van der Waals surface area contributed by atoms with Crippen LogP contribution in [0.25, 0.3) is 0 Å². The molecule has 2 aromatic rings. The Morgan fingerprint density at radius 3 is 2.55 bits per heavy atom. The molecule has 1 N–H and O–H groups in total. The Hall–Kier alpha value is -1.81. The van der Waals surface area contributed by atoms with Crippen molar-refractivity contribution in [1.82, 2.24) is 5.32 Å². The number of hydrogen-bond acceptors (Lipinski definition) is 2. The molecule has 2 rings (SSSR count). The second-order valence-corrected chi connectivity index (χ2v) is 6.36. The molecule has 0 aliphatic heterocycles. The third-order valence-corrected chi connectivity index (χ3v) is 4.39. The lowest BCUT2D eigenvalue weighted by molar-refractivity contribution is 0.0955. The maximum atomic E-state index is 13.4. The lowest BCUT2D eigenvalue weighted by atomic mass is 10.1. The monoisotopic (exact) mass is 317 g/mol. The Morgan fingerprint density at radius 2 is 1.86 bits per heavy atom. The molecule has 0 fully saturated rings. The van der Waals surface area contributed by atoms with Gasteiger partial charge in [0.25, 0.3) is 5.91 Å². The molecule has 0 atom stereocenters. The van der Waals surface area contributed by atoms with Crippen LogP contribution in [0.2, 0.25) is 0 Å². The Labute approximate surface area is 135 Å². The van der Waals surface area contributed by atoms with Crippen LogP contribution >= 0.6 is 11.8 Å². The normalized spacial score (nSPS) is 10.5. The molecule has 2 nitrogen and oxygen atoms in total. The Bertz CT molecular complexity index is 640. The minimum Gasteiger partial charge on any atom is -0.351 e. The maximum absolute atomic E-state index is 13.4. The standard InChI is InChI=1S/C18H20FNOS/c1-13-3-6-15(7-4-13)12-22-10-9-20-18(21)16-8-5-14(2)17(19)11-16/h3-8,11H,9-10,12H2,1-2H3,(H,20,21). The first-order valence-corrected chi connectivity index (χ1v) is 8.39. The minimum absolute atomic E-state index is 0.227. The number of aryl methyl sites for hydroxylation is 2. The van der Waals surface area contributed by atoms with E-state index in [0.717, 1.165) is 11.5 Å². The largest absolute Gasteiger partial charge is 0.351 e. The summed E-state index contributed by atoms with van der Waals surface area (Å²) >= 11 is 1.77. The fourth-order valence-corrected chi connectivity index (χ4v) is 2.77. The summed E-state index contributed by atoms with van der Waals surface area (Å²) in [5.41, 5.74) is 3.45. The number of halogens is 1. The van der Waals surface area contributed by atoms with Crippen molar-refractivity contribution in [2.24, 2.45) is 0 Å². The molecule has 0 spiro atoms. The third kappa shape index (κ3) is 4.88. The molecule has 0 aromatic heterocycles. The SMILES string of the molecule is Cc1ccc(CSCCNC(=O)c2ccc(C)c(F)c2)cc1. The second-order valence-electron chi connectivity index (χ2n) is 5.26. The number of benzene rings is 2. The number of amides is 1. The molecule has 0 aliphatic carbocycles. The van der Waals surface area contributed by atoms with Gasteiger partial charge in [0.15, 0.2) is 0 Å². The zero-order valence-corrected chi connectivity index (χ0v) is 13.7. The number of rotatable bonds is 6. The van der Waals surface area contributed by atoms with Crippen molar-refractivity contribution in [1.29, 1.82) is 0 Å². The first-order chi connectivity index (χ1) is 10.6. The van der Waals surface area contributed by atoms with E-state index in [9.17, 15) is 9.18 Å². The van der Waals surface area contributed by atoms with E-state index < -0.39 is 0 Å². The quantitative estimate of drug-likeness (QED) is 0.813. The predicted octanol–water partition coefficient (Wildman–Crippen LogP) is 4.11. The highest BCUT2D eigenvalue weighted by atomic mass is 32.2. The van der Waals surface area contributed by atoms with Crippen LogP contribution in [0.3, 0.4) is 0 Å². The van der Waals surface area contributed by atoms with E-state index in [-0.39, 0.29) is 11.7 Å². The van der Waals surface area contributed by atoms with Crippen LogP contribution in [-0.2, 0) is 5.75 Å². The Balaban J connectivity index is 1.70. The van der Waals surface area contributed by atoms with Crippen molar-refractivity contribution in [3.63, 3.8) is 0 Å². The molecule has 0 heterocycles. The van der Waals surface area contributed by atoms with Gasteiger partial charge in [-0.3, -0.25) is 4.79 Å². The zero-order valence-electron chi connectivity index (χ0n) is 12.9. The summed E-state index contributed by atoms with van der Waals surface area (Å²) in [5.74, 6) is 1.18. The van der Waals surface area contributed by atoms with E-state index in [1.807, 2.05) is 0 Å². The van der Waals surface area contributed by atoms with Gasteiger partial charge in [-0.15, -0.1) is 0 Å². The van der Waals surface area contributed by atoms with Gasteiger partial charge in [0.1, 0.15) is 5.82 Å². The van der Waals surface area contributed by atoms with Gasteiger partial charge in [-0.2, -0.15) is 11.8 Å². The smallest absolute Gasteiger partial charge is 0.251 e. The van der Waals surface area contributed by atoms with Crippen molar-refractivity contribution in [3.8, 4) is 0 Å². The molecule has 0 bridgehead atoms. The van der Waals surface area contributed by atoms with Crippen molar-refractivity contribution in [3.05, 3.63) is 70.5 Å². The molecule has 0 radical (unpaired) electrons.